The number of rotatable bonds is 0. The average molecular weight is 119 g/mol. The lowest BCUT2D eigenvalue weighted by Gasteiger charge is -1.81. The van der Waals surface area contributed by atoms with E-state index in [-0.39, 0.29) is 0 Å². The maximum atomic E-state index is 7.30. The number of H-pyrrole nitrogens is 1. The van der Waals surface area contributed by atoms with Gasteiger partial charge in [-0.2, -0.15) is 5.10 Å². The first kappa shape index (κ1) is 3.67. The van der Waals surface area contributed by atoms with Crippen molar-refractivity contribution in [2.45, 2.75) is 0 Å². The zero-order valence-electron chi connectivity index (χ0n) is 5.76. The van der Waals surface area contributed by atoms with Crippen molar-refractivity contribution in [2.24, 2.45) is 0 Å². The summed E-state index contributed by atoms with van der Waals surface area (Å²) in [6, 6.07) is 7.59. The van der Waals surface area contributed by atoms with E-state index in [1.54, 1.807) is 0 Å². The Morgan fingerprint density at radius 3 is 3.22 bits per heavy atom. The van der Waals surface area contributed by atoms with E-state index in [2.05, 4.69) is 10.2 Å². The SMILES string of the molecule is [2H]c1n[nH]c2ccccc12. The van der Waals surface area contributed by atoms with E-state index in [1.807, 2.05) is 24.3 Å². The first-order valence-corrected chi connectivity index (χ1v) is 2.77. The molecule has 2 aromatic rings. The Hall–Kier alpha value is -1.31. The van der Waals surface area contributed by atoms with Gasteiger partial charge in [-0.1, -0.05) is 18.2 Å². The fraction of sp³-hybridized carbons (Fsp3) is 0. The fourth-order valence-electron chi connectivity index (χ4n) is 0.827. The molecule has 0 aliphatic heterocycles. The lowest BCUT2D eigenvalue weighted by molar-refractivity contribution is 1.12. The summed E-state index contributed by atoms with van der Waals surface area (Å²) in [7, 11) is 0. The molecule has 0 spiro atoms. The maximum Gasteiger partial charge on any atom is 0.0866 e. The average Bonchev–Trinajstić information content (AvgIpc) is 2.34. The van der Waals surface area contributed by atoms with Crippen LogP contribution in [0.1, 0.15) is 1.37 Å². The summed E-state index contributed by atoms with van der Waals surface area (Å²) < 4.78 is 7.30. The van der Waals surface area contributed by atoms with Gasteiger partial charge in [-0.05, 0) is 6.07 Å². The lowest BCUT2D eigenvalue weighted by atomic mass is 10.3. The van der Waals surface area contributed by atoms with E-state index in [0.717, 1.165) is 10.9 Å². The Morgan fingerprint density at radius 2 is 2.33 bits per heavy atom. The van der Waals surface area contributed by atoms with Crippen molar-refractivity contribution in [3.8, 4) is 0 Å². The van der Waals surface area contributed by atoms with Crippen molar-refractivity contribution in [2.75, 3.05) is 0 Å². The predicted molar refractivity (Wildman–Crippen MR) is 36.1 cm³/mol. The Bertz CT molecular complexity index is 353. The molecule has 2 heteroatoms. The first-order valence-electron chi connectivity index (χ1n) is 3.27. The van der Waals surface area contributed by atoms with Crippen molar-refractivity contribution in [3.05, 3.63) is 30.4 Å². The molecule has 0 saturated heterocycles. The van der Waals surface area contributed by atoms with Crippen LogP contribution in [-0.2, 0) is 0 Å². The first-order chi connectivity index (χ1) is 4.88. The number of fused-ring (bicyclic) bond motifs is 1. The third kappa shape index (κ3) is 0.598. The van der Waals surface area contributed by atoms with Crippen molar-refractivity contribution in [1.82, 2.24) is 10.2 Å². The highest BCUT2D eigenvalue weighted by Crippen LogP contribution is 2.06. The molecule has 0 atom stereocenters. The zero-order chi connectivity index (χ0) is 6.97. The van der Waals surface area contributed by atoms with Crippen molar-refractivity contribution in [1.29, 1.82) is 0 Å². The van der Waals surface area contributed by atoms with Crippen LogP contribution in [0.2, 0.25) is 0 Å². The summed E-state index contributed by atoms with van der Waals surface area (Å²) in [5, 5.41) is 7.37. The van der Waals surface area contributed by atoms with Crippen molar-refractivity contribution >= 4 is 10.9 Å². The van der Waals surface area contributed by atoms with Crippen LogP contribution in [0.4, 0.5) is 0 Å². The highest BCUT2D eigenvalue weighted by molar-refractivity contribution is 5.77. The van der Waals surface area contributed by atoms with E-state index < -0.39 is 0 Å². The summed E-state index contributed by atoms with van der Waals surface area (Å²) in [5.41, 5.74) is 0.924. The molecule has 0 unspecified atom stereocenters. The number of para-hydroxylation sites is 1. The van der Waals surface area contributed by atoms with Crippen molar-refractivity contribution in [3.63, 3.8) is 0 Å². The smallest absolute Gasteiger partial charge is 0.0866 e. The van der Waals surface area contributed by atoms with Crippen LogP contribution in [-0.4, -0.2) is 10.2 Å². The summed E-state index contributed by atoms with van der Waals surface area (Å²) in [6.45, 7) is 0. The van der Waals surface area contributed by atoms with Gasteiger partial charge in [0.15, 0.2) is 0 Å². The largest absolute Gasteiger partial charge is 0.278 e. The van der Waals surface area contributed by atoms with Crippen LogP contribution < -0.4 is 0 Å². The monoisotopic (exact) mass is 119 g/mol. The second-order valence-corrected chi connectivity index (χ2v) is 1.88. The topological polar surface area (TPSA) is 28.7 Å². The number of nitrogens with zero attached hydrogens (tertiary/aromatic N) is 1. The van der Waals surface area contributed by atoms with Crippen LogP contribution >= 0.6 is 0 Å². The van der Waals surface area contributed by atoms with Crippen LogP contribution in [0.15, 0.2) is 30.4 Å². The third-order valence-corrected chi connectivity index (χ3v) is 1.28. The molecule has 1 aromatic carbocycles. The number of hydrogen-bond donors (Lipinski definition) is 1. The fourth-order valence-corrected chi connectivity index (χ4v) is 0.827. The van der Waals surface area contributed by atoms with Gasteiger partial charge in [0.2, 0.25) is 0 Å². The molecular formula is C7H6N2. The van der Waals surface area contributed by atoms with Gasteiger partial charge in [0, 0.05) is 5.39 Å². The van der Waals surface area contributed by atoms with Gasteiger partial charge in [0.1, 0.15) is 0 Å². The molecule has 0 saturated carbocycles. The van der Waals surface area contributed by atoms with Gasteiger partial charge in [-0.3, -0.25) is 5.10 Å². The molecule has 2 nitrogen and oxygen atoms in total. The molecule has 1 N–H and O–H groups in total. The molecule has 44 valence electrons. The molecule has 0 bridgehead atoms. The van der Waals surface area contributed by atoms with E-state index in [9.17, 15) is 0 Å². The van der Waals surface area contributed by atoms with Crippen molar-refractivity contribution < 1.29 is 1.37 Å². The Balaban J connectivity index is 2.93. The molecule has 1 heterocycles. The lowest BCUT2D eigenvalue weighted by Crippen LogP contribution is -1.63. The van der Waals surface area contributed by atoms with E-state index in [1.165, 1.54) is 0 Å². The van der Waals surface area contributed by atoms with E-state index >= 15 is 0 Å². The molecule has 0 aliphatic carbocycles. The van der Waals surface area contributed by atoms with Gasteiger partial charge in [0.25, 0.3) is 0 Å². The quantitative estimate of drug-likeness (QED) is 0.560. The molecular weight excluding hydrogens is 112 g/mol. The number of aromatic nitrogens is 2. The Labute approximate surface area is 53.9 Å². The maximum absolute atomic E-state index is 7.30. The number of hydrogen-bond acceptors (Lipinski definition) is 1. The minimum atomic E-state index is 0.315. The van der Waals surface area contributed by atoms with Gasteiger partial charge < -0.3 is 0 Å². The molecule has 9 heavy (non-hydrogen) atoms. The molecule has 0 fully saturated rings. The minimum Gasteiger partial charge on any atom is -0.278 e. The van der Waals surface area contributed by atoms with Gasteiger partial charge >= 0.3 is 0 Å². The molecule has 2 rings (SSSR count). The van der Waals surface area contributed by atoms with Crippen LogP contribution in [0, 0.1) is 0 Å². The summed E-state index contributed by atoms with van der Waals surface area (Å²) in [6.07, 6.45) is 0.315. The zero-order valence-corrected chi connectivity index (χ0v) is 4.76. The predicted octanol–water partition coefficient (Wildman–Crippen LogP) is 1.56. The Kier molecular flexibility index (Phi) is 0.646. The number of aromatic amines is 1. The number of nitrogens with one attached hydrogen (secondary N) is 1. The second-order valence-electron chi connectivity index (χ2n) is 1.88. The second kappa shape index (κ2) is 1.58. The van der Waals surface area contributed by atoms with Crippen LogP contribution in [0.3, 0.4) is 0 Å². The van der Waals surface area contributed by atoms with Crippen LogP contribution in [0.25, 0.3) is 10.9 Å². The normalized spacial score (nSPS) is 11.8. The van der Waals surface area contributed by atoms with Crippen LogP contribution in [0.5, 0.6) is 0 Å². The molecule has 0 amide bonds. The highest BCUT2D eigenvalue weighted by Gasteiger charge is 1.88. The molecule has 1 aromatic heterocycles. The summed E-state index contributed by atoms with van der Waals surface area (Å²) in [5.74, 6) is 0. The highest BCUT2D eigenvalue weighted by atomic mass is 15.1. The van der Waals surface area contributed by atoms with Gasteiger partial charge in [0.05, 0.1) is 13.1 Å². The minimum absolute atomic E-state index is 0.315. The third-order valence-electron chi connectivity index (χ3n) is 1.28. The standard InChI is InChI=1S/C7H6N2/c1-2-4-7-6(3-1)5-8-9-7/h1-5H,(H,8,9)/i5D. The van der Waals surface area contributed by atoms with E-state index in [0.29, 0.717) is 6.17 Å². The molecule has 0 radical (unpaired) electrons. The van der Waals surface area contributed by atoms with E-state index in [4.69, 9.17) is 1.37 Å². The summed E-state index contributed by atoms with van der Waals surface area (Å²) in [4.78, 5) is 0. The Morgan fingerprint density at radius 1 is 1.44 bits per heavy atom. The van der Waals surface area contributed by atoms with Gasteiger partial charge in [-0.15, -0.1) is 0 Å². The number of benzene rings is 1. The molecule has 0 aliphatic rings. The summed E-state index contributed by atoms with van der Waals surface area (Å²) >= 11 is 0. The van der Waals surface area contributed by atoms with Gasteiger partial charge in [-0.25, -0.2) is 0 Å².